The van der Waals surface area contributed by atoms with Crippen LogP contribution in [0.2, 0.25) is 0 Å². The van der Waals surface area contributed by atoms with Gasteiger partial charge in [-0.15, -0.1) is 0 Å². The molecule has 7 rings (SSSR count). The molecule has 4 heterocycles. The van der Waals surface area contributed by atoms with Gasteiger partial charge in [-0.3, -0.25) is 4.79 Å². The number of Topliss-reactive ketones (excluding diaryl/α,β-unsaturated/α-hetero) is 1. The van der Waals surface area contributed by atoms with Gasteiger partial charge in [0.1, 0.15) is 17.8 Å². The van der Waals surface area contributed by atoms with Gasteiger partial charge >= 0.3 is 5.97 Å². The van der Waals surface area contributed by atoms with Crippen molar-refractivity contribution in [1.29, 1.82) is 0 Å². The van der Waals surface area contributed by atoms with Crippen LogP contribution in [0.1, 0.15) is 65.5 Å². The zero-order valence-electron chi connectivity index (χ0n) is 19.8. The molecule has 6 aliphatic rings. The van der Waals surface area contributed by atoms with Crippen molar-refractivity contribution in [1.82, 2.24) is 0 Å². The molecule has 7 nitrogen and oxygen atoms in total. The molecule has 3 aliphatic heterocycles. The number of aliphatic hydroxyl groups is 1. The monoisotopic (exact) mass is 456 g/mol. The van der Waals surface area contributed by atoms with Crippen molar-refractivity contribution < 1.29 is 33.3 Å². The van der Waals surface area contributed by atoms with Gasteiger partial charge in [0, 0.05) is 27.2 Å². The quantitative estimate of drug-likeness (QED) is 0.511. The first-order chi connectivity index (χ1) is 15.5. The van der Waals surface area contributed by atoms with Gasteiger partial charge in [-0.25, -0.2) is 4.79 Å². The maximum Gasteiger partial charge on any atom is 0.339 e. The Bertz CT molecular complexity index is 1080. The van der Waals surface area contributed by atoms with Crippen molar-refractivity contribution in [3.63, 3.8) is 0 Å². The minimum Gasteiger partial charge on any atom is -0.472 e. The van der Waals surface area contributed by atoms with Gasteiger partial charge in [0.15, 0.2) is 11.9 Å². The van der Waals surface area contributed by atoms with Crippen molar-refractivity contribution >= 4 is 11.8 Å². The molecule has 0 aromatic carbocycles. The van der Waals surface area contributed by atoms with Crippen LogP contribution in [0.4, 0.5) is 0 Å². The van der Waals surface area contributed by atoms with Gasteiger partial charge in [-0.1, -0.05) is 34.6 Å². The highest BCUT2D eigenvalue weighted by Gasteiger charge is 2.89. The van der Waals surface area contributed by atoms with E-state index in [1.54, 1.807) is 12.5 Å². The number of esters is 1. The van der Waals surface area contributed by atoms with Crippen molar-refractivity contribution in [2.24, 2.45) is 33.5 Å². The highest BCUT2D eigenvalue weighted by atomic mass is 16.7. The Morgan fingerprint density at radius 2 is 1.82 bits per heavy atom. The van der Waals surface area contributed by atoms with E-state index in [4.69, 9.17) is 18.6 Å². The molecule has 3 saturated heterocycles. The number of aliphatic hydroxyl groups excluding tert-OH is 1. The average Bonchev–Trinajstić information content (AvgIpc) is 3.66. The van der Waals surface area contributed by atoms with Gasteiger partial charge in [-0.05, 0) is 37.2 Å². The maximum atomic E-state index is 13.1. The van der Waals surface area contributed by atoms with Crippen LogP contribution in [-0.4, -0.2) is 46.9 Å². The van der Waals surface area contributed by atoms with E-state index in [9.17, 15) is 14.7 Å². The second kappa shape index (κ2) is 5.58. The van der Waals surface area contributed by atoms with Gasteiger partial charge in [0.2, 0.25) is 0 Å². The molecule has 7 heteroatoms. The lowest BCUT2D eigenvalue weighted by molar-refractivity contribution is -0.258. The van der Waals surface area contributed by atoms with Crippen molar-refractivity contribution in [2.45, 2.75) is 90.0 Å². The lowest BCUT2D eigenvalue weighted by Crippen LogP contribution is -2.74. The molecule has 1 aromatic heterocycles. The fourth-order valence-corrected chi connectivity index (χ4v) is 9.70. The Hall–Kier alpha value is -1.70. The summed E-state index contributed by atoms with van der Waals surface area (Å²) in [6.07, 6.45) is 3.01. The second-order valence-corrected chi connectivity index (χ2v) is 12.6. The third kappa shape index (κ3) is 1.92. The standard InChI is InChI=1S/C26H32O7/c1-22(2)14-10-15(27)25(5)13(24(14,4)19-16(31-19)17(22)28)6-8-23(3)18(12-7-9-30-11-12)32-21(29)20-26(23,25)33-20/h7,9,11,13-16,18-20,27H,6,8,10H2,1-5H3/t13-,14?,15+,16-,18+,19+,20-,23-,24+,25-,26-/m1/s1. The smallest absolute Gasteiger partial charge is 0.339 e. The highest BCUT2D eigenvalue weighted by molar-refractivity contribution is 5.92. The zero-order chi connectivity index (χ0) is 23.3. The fourth-order valence-electron chi connectivity index (χ4n) is 9.70. The van der Waals surface area contributed by atoms with E-state index < -0.39 is 40.2 Å². The van der Waals surface area contributed by atoms with E-state index >= 15 is 0 Å². The lowest BCUT2D eigenvalue weighted by Gasteiger charge is -2.68. The molecule has 3 aliphatic carbocycles. The van der Waals surface area contributed by atoms with Gasteiger partial charge in [0.05, 0.1) is 24.7 Å². The molecule has 178 valence electrons. The largest absolute Gasteiger partial charge is 0.472 e. The van der Waals surface area contributed by atoms with Crippen LogP contribution in [0, 0.1) is 33.5 Å². The topological polar surface area (TPSA) is 102 Å². The predicted octanol–water partition coefficient (Wildman–Crippen LogP) is 3.20. The van der Waals surface area contributed by atoms with Crippen molar-refractivity contribution in [2.75, 3.05) is 0 Å². The second-order valence-electron chi connectivity index (χ2n) is 12.6. The molecule has 3 saturated carbocycles. The number of ketones is 1. The minimum atomic E-state index is -0.830. The van der Waals surface area contributed by atoms with Crippen molar-refractivity contribution in [3.05, 3.63) is 24.2 Å². The van der Waals surface area contributed by atoms with Crippen LogP contribution in [0.25, 0.3) is 0 Å². The lowest BCUT2D eigenvalue weighted by atomic mass is 9.35. The van der Waals surface area contributed by atoms with E-state index in [1.165, 1.54) is 0 Å². The summed E-state index contributed by atoms with van der Waals surface area (Å²) >= 11 is 0. The Kier molecular flexibility index (Phi) is 3.49. The van der Waals surface area contributed by atoms with Crippen LogP contribution in [-0.2, 0) is 23.8 Å². The number of rotatable bonds is 1. The maximum absolute atomic E-state index is 13.1. The van der Waals surface area contributed by atoms with Crippen LogP contribution in [0.5, 0.6) is 0 Å². The first kappa shape index (κ1) is 20.7. The molecule has 1 unspecified atom stereocenters. The molecule has 11 atom stereocenters. The molecular weight excluding hydrogens is 424 g/mol. The van der Waals surface area contributed by atoms with Crippen LogP contribution in [0.15, 0.2) is 23.0 Å². The van der Waals surface area contributed by atoms with E-state index in [0.717, 1.165) is 18.4 Å². The van der Waals surface area contributed by atoms with E-state index in [0.29, 0.717) is 6.42 Å². The number of ether oxygens (including phenoxy) is 3. The van der Waals surface area contributed by atoms with E-state index in [1.807, 2.05) is 19.9 Å². The number of cyclic esters (lactones) is 1. The summed E-state index contributed by atoms with van der Waals surface area (Å²) in [6, 6.07) is 1.85. The Labute approximate surface area is 193 Å². The van der Waals surface area contributed by atoms with E-state index in [2.05, 4.69) is 20.8 Å². The normalized spacial score (nSPS) is 57.6. The minimum absolute atomic E-state index is 0.00694. The van der Waals surface area contributed by atoms with Crippen LogP contribution >= 0.6 is 0 Å². The number of epoxide rings is 2. The van der Waals surface area contributed by atoms with Crippen LogP contribution in [0.3, 0.4) is 0 Å². The Morgan fingerprint density at radius 3 is 2.52 bits per heavy atom. The number of hydrogen-bond donors (Lipinski definition) is 1. The zero-order valence-corrected chi connectivity index (χ0v) is 19.8. The molecule has 6 fully saturated rings. The SMILES string of the molecule is CC1(C)C(=O)[C@H]2O[C@@H]2[C@]2(C)C1C[C@H](O)[C@@]1(C)[C@@H]2CC[C@]2(C)[C@H](c3ccoc3)OC(=O)[C@H]3O[C@@]312. The molecule has 1 aromatic rings. The summed E-state index contributed by atoms with van der Waals surface area (Å²) in [6.45, 7) is 10.6. The Balaban J connectivity index is 1.39. The first-order valence-electron chi connectivity index (χ1n) is 12.2. The third-order valence-electron chi connectivity index (χ3n) is 11.3. The molecule has 1 spiro atoms. The molecule has 33 heavy (non-hydrogen) atoms. The summed E-state index contributed by atoms with van der Waals surface area (Å²) in [4.78, 5) is 26.2. The summed E-state index contributed by atoms with van der Waals surface area (Å²) in [5, 5.41) is 11.9. The number of carbonyl (C=O) groups is 2. The Morgan fingerprint density at radius 1 is 1.06 bits per heavy atom. The third-order valence-corrected chi connectivity index (χ3v) is 11.3. The summed E-state index contributed by atoms with van der Waals surface area (Å²) in [5.74, 6) is -0.145. The van der Waals surface area contributed by atoms with Gasteiger partial charge < -0.3 is 23.7 Å². The number of hydrogen-bond acceptors (Lipinski definition) is 7. The molecule has 0 radical (unpaired) electrons. The summed E-state index contributed by atoms with van der Waals surface area (Å²) < 4.78 is 23.8. The van der Waals surface area contributed by atoms with Crippen molar-refractivity contribution in [3.8, 4) is 0 Å². The number of fused-ring (bicyclic) bond motifs is 5. The van der Waals surface area contributed by atoms with Crippen LogP contribution < -0.4 is 0 Å². The summed E-state index contributed by atoms with van der Waals surface area (Å²) in [5.41, 5.74) is -2.04. The average molecular weight is 457 g/mol. The summed E-state index contributed by atoms with van der Waals surface area (Å²) in [7, 11) is 0. The molecule has 0 bridgehead atoms. The van der Waals surface area contributed by atoms with Gasteiger partial charge in [0.25, 0.3) is 0 Å². The van der Waals surface area contributed by atoms with E-state index in [-0.39, 0.29) is 41.2 Å². The molecular formula is C26H32O7. The molecule has 0 amide bonds. The highest BCUT2D eigenvalue weighted by Crippen LogP contribution is 2.80. The fraction of sp³-hybridized carbons (Fsp3) is 0.769. The number of furan rings is 1. The predicted molar refractivity (Wildman–Crippen MR) is 114 cm³/mol. The first-order valence-corrected chi connectivity index (χ1v) is 12.2. The number of carbonyl (C=O) groups excluding carboxylic acids is 2. The van der Waals surface area contributed by atoms with Gasteiger partial charge in [-0.2, -0.15) is 0 Å². The molecule has 1 N–H and O–H groups in total.